The number of carboxylic acids is 1. The van der Waals surface area contributed by atoms with Crippen molar-refractivity contribution < 1.29 is 34.1 Å². The summed E-state index contributed by atoms with van der Waals surface area (Å²) >= 11 is 0. The van der Waals surface area contributed by atoms with E-state index in [1.165, 1.54) is 4.90 Å². The highest BCUT2D eigenvalue weighted by Crippen LogP contribution is 2.50. The molecule has 6 rings (SSSR count). The molecule has 2 amide bonds. The fourth-order valence-electron chi connectivity index (χ4n) is 7.21. The van der Waals surface area contributed by atoms with Gasteiger partial charge in [0.25, 0.3) is 0 Å². The lowest BCUT2D eigenvalue weighted by molar-refractivity contribution is -0.141. The van der Waals surface area contributed by atoms with Crippen LogP contribution in [0.1, 0.15) is 56.2 Å². The van der Waals surface area contributed by atoms with Crippen molar-refractivity contribution in [2.24, 2.45) is 17.8 Å². The second-order valence-electron chi connectivity index (χ2n) is 12.4. The summed E-state index contributed by atoms with van der Waals surface area (Å²) < 4.78 is 12.7. The van der Waals surface area contributed by atoms with Crippen LogP contribution in [0.3, 0.4) is 0 Å². The maximum Gasteiger partial charge on any atom is 0.303 e. The number of nitrogens with zero attached hydrogens (tertiary/aromatic N) is 2. The van der Waals surface area contributed by atoms with E-state index >= 15 is 0 Å². The second-order valence-corrected chi connectivity index (χ2v) is 12.4. The van der Waals surface area contributed by atoms with E-state index < -0.39 is 17.8 Å². The fourth-order valence-corrected chi connectivity index (χ4v) is 7.21. The second kappa shape index (κ2) is 14.8. The molecule has 9 nitrogen and oxygen atoms in total. The number of unbranched alkanes of at least 4 members (excludes halogenated alkanes) is 2. The maximum absolute atomic E-state index is 13.8. The molecule has 4 atom stereocenters. The average Bonchev–Trinajstić information content (AvgIpc) is 3.61. The minimum Gasteiger partial charge on any atom is -0.507 e. The van der Waals surface area contributed by atoms with E-state index in [1.807, 2.05) is 66.7 Å². The number of hydrogen-bond donors (Lipinski definition) is 2. The zero-order chi connectivity index (χ0) is 32.8. The molecule has 244 valence electrons. The number of aromatic hydroxyl groups is 1. The minimum absolute atomic E-state index is 0.0791. The molecule has 3 aliphatic rings. The Balaban J connectivity index is 1.24. The molecule has 3 heterocycles. The Morgan fingerprint density at radius 2 is 1.72 bits per heavy atom. The van der Waals surface area contributed by atoms with Gasteiger partial charge in [-0.1, -0.05) is 48.9 Å². The molecule has 2 aromatic carbocycles. The number of phenolic OH excluding ortho intramolecular Hbond substituents is 1. The summed E-state index contributed by atoms with van der Waals surface area (Å²) in [7, 11) is 0. The molecule has 2 N–H and O–H groups in total. The first-order chi connectivity index (χ1) is 22.9. The molecular weight excluding hydrogens is 596 g/mol. The predicted octanol–water partition coefficient (Wildman–Crippen LogP) is 6.15. The number of carbonyl (C=O) groups excluding carboxylic acids is 2. The predicted molar refractivity (Wildman–Crippen MR) is 176 cm³/mol. The van der Waals surface area contributed by atoms with Crippen LogP contribution in [-0.4, -0.2) is 63.7 Å². The first-order valence-corrected chi connectivity index (χ1v) is 16.4. The fraction of sp³-hybridized carbons (Fsp3) is 0.368. The number of phenols is 1. The monoisotopic (exact) mass is 636 g/mol. The topological polar surface area (TPSA) is 126 Å². The van der Waals surface area contributed by atoms with Gasteiger partial charge in [-0.25, -0.2) is 0 Å². The molecule has 47 heavy (non-hydrogen) atoms. The van der Waals surface area contributed by atoms with Gasteiger partial charge in [0.2, 0.25) is 11.8 Å². The van der Waals surface area contributed by atoms with Crippen LogP contribution in [0.15, 0.2) is 90.1 Å². The molecule has 3 aromatic rings. The molecule has 9 heteroatoms. The number of para-hydroxylation sites is 2. The minimum atomic E-state index is -0.843. The highest BCUT2D eigenvalue weighted by molar-refractivity contribution is 6.06. The van der Waals surface area contributed by atoms with Crippen molar-refractivity contribution in [2.45, 2.75) is 51.0 Å². The van der Waals surface area contributed by atoms with E-state index in [4.69, 9.17) is 14.6 Å². The van der Waals surface area contributed by atoms with Crippen LogP contribution in [0.2, 0.25) is 0 Å². The number of pyridine rings is 1. The number of carboxylic acid groups (broad SMARTS) is 1. The van der Waals surface area contributed by atoms with Crippen molar-refractivity contribution in [3.63, 3.8) is 0 Å². The Bertz CT molecular complexity index is 1650. The average molecular weight is 637 g/mol. The zero-order valence-corrected chi connectivity index (χ0v) is 26.3. The lowest BCUT2D eigenvalue weighted by Crippen LogP contribution is -2.35. The molecule has 1 aromatic heterocycles. The number of aliphatic carboxylic acids is 1. The highest BCUT2D eigenvalue weighted by Gasteiger charge is 2.56. The third-order valence-electron chi connectivity index (χ3n) is 9.46. The summed E-state index contributed by atoms with van der Waals surface area (Å²) in [5.41, 5.74) is 4.54. The van der Waals surface area contributed by atoms with E-state index in [-0.39, 0.29) is 36.0 Å². The summed E-state index contributed by atoms with van der Waals surface area (Å²) in [5, 5.41) is 19.4. The lowest BCUT2D eigenvalue weighted by Gasteiger charge is -2.31. The molecular formula is C38H40N2O7. The lowest BCUT2D eigenvalue weighted by atomic mass is 9.69. The van der Waals surface area contributed by atoms with Gasteiger partial charge in [0.05, 0.1) is 30.2 Å². The third-order valence-corrected chi connectivity index (χ3v) is 9.46. The number of ether oxygens (including phenoxy) is 2. The largest absolute Gasteiger partial charge is 0.507 e. The molecule has 2 aliphatic heterocycles. The molecule has 0 unspecified atom stereocenters. The molecule has 1 aliphatic carbocycles. The number of fused-ring (bicyclic) bond motifs is 3. The highest BCUT2D eigenvalue weighted by atomic mass is 16.5. The Kier molecular flexibility index (Phi) is 10.1. The van der Waals surface area contributed by atoms with Crippen molar-refractivity contribution in [3.05, 3.63) is 101 Å². The zero-order valence-electron chi connectivity index (χ0n) is 26.3. The summed E-state index contributed by atoms with van der Waals surface area (Å²) in [6, 6.07) is 22.5. The Morgan fingerprint density at radius 3 is 2.49 bits per heavy atom. The molecule has 0 bridgehead atoms. The summed E-state index contributed by atoms with van der Waals surface area (Å²) in [4.78, 5) is 44.3. The van der Waals surface area contributed by atoms with Gasteiger partial charge in [0, 0.05) is 30.6 Å². The maximum atomic E-state index is 13.8. The molecule has 0 saturated carbocycles. The first kappa shape index (κ1) is 32.2. The number of carbonyl (C=O) groups is 3. The van der Waals surface area contributed by atoms with Crippen molar-refractivity contribution in [3.8, 4) is 11.5 Å². The number of benzene rings is 2. The number of allylic oxidation sites excluding steroid dienone is 1. The van der Waals surface area contributed by atoms with Gasteiger partial charge in [-0.2, -0.15) is 0 Å². The van der Waals surface area contributed by atoms with Crippen LogP contribution in [-0.2, 0) is 19.1 Å². The van der Waals surface area contributed by atoms with Crippen molar-refractivity contribution >= 4 is 29.4 Å². The molecule has 2 saturated heterocycles. The normalized spacial score (nSPS) is 22.4. The van der Waals surface area contributed by atoms with Gasteiger partial charge < -0.3 is 19.7 Å². The van der Waals surface area contributed by atoms with E-state index in [0.717, 1.165) is 28.2 Å². The molecule has 0 spiro atoms. The number of rotatable bonds is 14. The van der Waals surface area contributed by atoms with Gasteiger partial charge in [0.15, 0.2) is 0 Å². The number of imide groups is 1. The number of likely N-dealkylation sites (tertiary alicyclic amines) is 1. The van der Waals surface area contributed by atoms with Crippen LogP contribution in [0, 0.1) is 17.8 Å². The van der Waals surface area contributed by atoms with Gasteiger partial charge in [-0.05, 0) is 85.2 Å². The van der Waals surface area contributed by atoms with Crippen LogP contribution in [0.25, 0.3) is 11.6 Å². The third kappa shape index (κ3) is 7.30. The van der Waals surface area contributed by atoms with Crippen molar-refractivity contribution in [1.29, 1.82) is 0 Å². The number of aromatic nitrogens is 1. The van der Waals surface area contributed by atoms with Gasteiger partial charge >= 0.3 is 5.97 Å². The number of hydrogen-bond acceptors (Lipinski definition) is 7. The van der Waals surface area contributed by atoms with Gasteiger partial charge in [-0.3, -0.25) is 24.3 Å². The Morgan fingerprint density at radius 1 is 0.936 bits per heavy atom. The van der Waals surface area contributed by atoms with Crippen molar-refractivity contribution in [1.82, 2.24) is 9.88 Å². The summed E-state index contributed by atoms with van der Waals surface area (Å²) in [5.74, 6) is -1.38. The Labute approximate surface area is 274 Å². The first-order valence-electron chi connectivity index (χ1n) is 16.4. The van der Waals surface area contributed by atoms with E-state index in [9.17, 15) is 19.5 Å². The van der Waals surface area contributed by atoms with Crippen LogP contribution in [0.5, 0.6) is 11.5 Å². The van der Waals surface area contributed by atoms with E-state index in [1.54, 1.807) is 18.3 Å². The SMILES string of the molecule is O=C(O)CCCCCN1C(=O)[C@@H]2[C@@H](CC(COc3ccccc3)=C3[C@@H](CC/C(=C/c4ccccc4O)c4ccccn4)OC[C@@H]32)C1=O. The van der Waals surface area contributed by atoms with Gasteiger partial charge in [0.1, 0.15) is 18.1 Å². The summed E-state index contributed by atoms with van der Waals surface area (Å²) in [6.07, 6.45) is 6.94. The van der Waals surface area contributed by atoms with E-state index in [2.05, 4.69) is 4.98 Å². The Hall–Kier alpha value is -4.76. The van der Waals surface area contributed by atoms with Gasteiger partial charge in [-0.15, -0.1) is 0 Å². The molecule has 0 radical (unpaired) electrons. The van der Waals surface area contributed by atoms with Crippen LogP contribution >= 0.6 is 0 Å². The van der Waals surface area contributed by atoms with Crippen LogP contribution in [0.4, 0.5) is 0 Å². The molecule has 2 fully saturated rings. The van der Waals surface area contributed by atoms with Crippen LogP contribution < -0.4 is 4.74 Å². The summed E-state index contributed by atoms with van der Waals surface area (Å²) in [6.45, 7) is 0.955. The van der Waals surface area contributed by atoms with Crippen molar-refractivity contribution in [2.75, 3.05) is 19.8 Å². The standard InChI is InChI=1S/C38H40N2O7/c41-32-15-7-6-11-26(32)21-25(31-14-8-9-19-39-31)17-18-33-35-27(23-46-28-12-3-1-4-13-28)22-29-36(30(35)24-47-33)38(45)40(37(29)44)20-10-2-5-16-34(42)43/h1,3-4,6-9,11-15,19,21,29-30,33,36,41H,2,5,10,16-18,20,22-24H2,(H,42,43)/b25-21-/t29-,30+,33-,36-/m1/s1. The number of amides is 2. The van der Waals surface area contributed by atoms with E-state index in [0.29, 0.717) is 63.8 Å². The smallest absolute Gasteiger partial charge is 0.303 e. The quantitative estimate of drug-likeness (QED) is 0.123.